The van der Waals surface area contributed by atoms with Crippen molar-refractivity contribution in [1.82, 2.24) is 0 Å². The fraction of sp³-hybridized carbons (Fsp3) is 0.400. The van der Waals surface area contributed by atoms with Crippen LogP contribution in [0.2, 0.25) is 21.0 Å². The Hall–Kier alpha value is -1.02. The molecule has 0 saturated heterocycles. The monoisotopic (exact) mass is 342 g/mol. The van der Waals surface area contributed by atoms with E-state index < -0.39 is 13.3 Å². The molecule has 0 aliphatic heterocycles. The SMILES string of the molecule is C[CH2][Ge]([CH2]C)([CH2]C)[CH2]C(c1ccccc1)c1ccccc1. The summed E-state index contributed by atoms with van der Waals surface area (Å²) in [7, 11) is 0. The Bertz CT molecular complexity index is 466. The third-order valence-corrected chi connectivity index (χ3v) is 17.4. The van der Waals surface area contributed by atoms with Crippen LogP contribution < -0.4 is 0 Å². The molecule has 0 aliphatic rings. The quantitative estimate of drug-likeness (QED) is 0.517. The molecule has 0 bridgehead atoms. The van der Waals surface area contributed by atoms with Crippen LogP contribution >= 0.6 is 0 Å². The first-order valence-corrected chi connectivity index (χ1v) is 14.3. The fourth-order valence-electron chi connectivity index (χ4n) is 3.41. The molecule has 0 N–H and O–H groups in total. The van der Waals surface area contributed by atoms with Crippen LogP contribution in [0.15, 0.2) is 60.7 Å². The van der Waals surface area contributed by atoms with Crippen molar-refractivity contribution in [2.75, 3.05) is 0 Å². The Morgan fingerprint density at radius 1 is 0.667 bits per heavy atom. The van der Waals surface area contributed by atoms with E-state index in [-0.39, 0.29) is 0 Å². The van der Waals surface area contributed by atoms with E-state index in [1.807, 2.05) is 0 Å². The molecule has 0 atom stereocenters. The van der Waals surface area contributed by atoms with Gasteiger partial charge in [0.25, 0.3) is 0 Å². The second kappa shape index (κ2) is 7.84. The van der Waals surface area contributed by atoms with Gasteiger partial charge in [-0.2, -0.15) is 0 Å². The Kier molecular flexibility index (Phi) is 6.11. The van der Waals surface area contributed by atoms with Crippen molar-refractivity contribution >= 4 is 13.3 Å². The van der Waals surface area contributed by atoms with Crippen LogP contribution in [-0.4, -0.2) is 13.3 Å². The summed E-state index contributed by atoms with van der Waals surface area (Å²) in [5, 5.41) is 5.77. The first kappa shape index (κ1) is 16.4. The van der Waals surface area contributed by atoms with Crippen LogP contribution in [0.3, 0.4) is 0 Å². The van der Waals surface area contributed by atoms with Crippen LogP contribution in [0.25, 0.3) is 0 Å². The molecule has 21 heavy (non-hydrogen) atoms. The van der Waals surface area contributed by atoms with Gasteiger partial charge in [-0.25, -0.2) is 0 Å². The van der Waals surface area contributed by atoms with Crippen LogP contribution in [0.5, 0.6) is 0 Å². The minimum absolute atomic E-state index is 0.590. The molecule has 1 heteroatoms. The fourth-order valence-corrected chi connectivity index (χ4v) is 11.2. The molecule has 0 radical (unpaired) electrons. The molecule has 2 rings (SSSR count). The van der Waals surface area contributed by atoms with Gasteiger partial charge >= 0.3 is 133 Å². The minimum atomic E-state index is -1.71. The van der Waals surface area contributed by atoms with E-state index in [9.17, 15) is 0 Å². The number of rotatable bonds is 7. The molecular weight excluding hydrogens is 313 g/mol. The van der Waals surface area contributed by atoms with Crippen molar-refractivity contribution in [3.8, 4) is 0 Å². The van der Waals surface area contributed by atoms with E-state index in [1.165, 1.54) is 32.1 Å². The standard InChI is InChI=1S/C20H28Ge/c1-4-21(5-2,6-3)17-20(18-13-9-7-10-14-18)19-15-11-8-12-16-19/h7-16,20H,4-6,17H2,1-3H3. The van der Waals surface area contributed by atoms with Gasteiger partial charge in [-0.05, 0) is 0 Å². The van der Waals surface area contributed by atoms with Crippen molar-refractivity contribution < 1.29 is 0 Å². The maximum atomic E-state index is 2.43. The first-order chi connectivity index (χ1) is 10.2. The predicted octanol–water partition coefficient (Wildman–Crippen LogP) is 6.33. The topological polar surface area (TPSA) is 0 Å². The zero-order valence-electron chi connectivity index (χ0n) is 13.7. The molecule has 0 aromatic heterocycles. The first-order valence-electron chi connectivity index (χ1n) is 8.34. The van der Waals surface area contributed by atoms with Crippen LogP contribution in [-0.2, 0) is 0 Å². The van der Waals surface area contributed by atoms with E-state index in [0.29, 0.717) is 5.92 Å². The van der Waals surface area contributed by atoms with Gasteiger partial charge in [0.2, 0.25) is 0 Å². The molecule has 0 amide bonds. The Labute approximate surface area is 133 Å². The van der Waals surface area contributed by atoms with Gasteiger partial charge in [0.15, 0.2) is 0 Å². The molecule has 2 aromatic carbocycles. The van der Waals surface area contributed by atoms with Gasteiger partial charge in [0.1, 0.15) is 0 Å². The molecule has 0 saturated carbocycles. The summed E-state index contributed by atoms with van der Waals surface area (Å²) in [6.07, 6.45) is 0. The van der Waals surface area contributed by atoms with Crippen LogP contribution in [0.1, 0.15) is 37.8 Å². The summed E-state index contributed by atoms with van der Waals surface area (Å²) < 4.78 is 0. The molecule has 112 valence electrons. The Morgan fingerprint density at radius 2 is 1.05 bits per heavy atom. The van der Waals surface area contributed by atoms with Crippen LogP contribution in [0, 0.1) is 0 Å². The molecule has 0 heterocycles. The Balaban J connectivity index is 2.38. The number of hydrogen-bond donors (Lipinski definition) is 0. The summed E-state index contributed by atoms with van der Waals surface area (Å²) in [5.41, 5.74) is 2.99. The summed E-state index contributed by atoms with van der Waals surface area (Å²) in [6, 6.07) is 22.2. The summed E-state index contributed by atoms with van der Waals surface area (Å²) in [5.74, 6) is 0.590. The number of hydrogen-bond acceptors (Lipinski definition) is 0. The molecule has 0 nitrogen and oxygen atoms in total. The molecule has 0 unspecified atom stereocenters. The zero-order chi connectivity index (χ0) is 15.1. The van der Waals surface area contributed by atoms with Crippen molar-refractivity contribution in [2.24, 2.45) is 0 Å². The Morgan fingerprint density at radius 3 is 1.38 bits per heavy atom. The second-order valence-electron chi connectivity index (χ2n) is 6.14. The molecule has 0 fully saturated rings. The van der Waals surface area contributed by atoms with Gasteiger partial charge in [-0.3, -0.25) is 0 Å². The van der Waals surface area contributed by atoms with Gasteiger partial charge in [0, 0.05) is 0 Å². The summed E-state index contributed by atoms with van der Waals surface area (Å²) in [4.78, 5) is 0. The van der Waals surface area contributed by atoms with Gasteiger partial charge < -0.3 is 0 Å². The van der Waals surface area contributed by atoms with E-state index in [0.717, 1.165) is 0 Å². The molecule has 0 spiro atoms. The van der Waals surface area contributed by atoms with Crippen LogP contribution in [0.4, 0.5) is 0 Å². The molecule has 2 aromatic rings. The predicted molar refractivity (Wildman–Crippen MR) is 96.7 cm³/mol. The van der Waals surface area contributed by atoms with Crippen molar-refractivity contribution in [2.45, 2.75) is 47.7 Å². The molecule has 0 aliphatic carbocycles. The molecular formula is C20H28Ge. The third-order valence-electron chi connectivity index (χ3n) is 5.29. The van der Waals surface area contributed by atoms with Crippen molar-refractivity contribution in [3.63, 3.8) is 0 Å². The van der Waals surface area contributed by atoms with E-state index in [4.69, 9.17) is 0 Å². The summed E-state index contributed by atoms with van der Waals surface area (Å²) >= 11 is -1.71. The van der Waals surface area contributed by atoms with E-state index >= 15 is 0 Å². The average Bonchev–Trinajstić information content (AvgIpc) is 2.58. The van der Waals surface area contributed by atoms with Gasteiger partial charge in [0.05, 0.1) is 0 Å². The van der Waals surface area contributed by atoms with Crippen molar-refractivity contribution in [1.29, 1.82) is 0 Å². The maximum absolute atomic E-state index is 2.43. The van der Waals surface area contributed by atoms with E-state index in [2.05, 4.69) is 81.4 Å². The normalized spacial score (nSPS) is 11.8. The number of benzene rings is 2. The van der Waals surface area contributed by atoms with E-state index in [1.54, 1.807) is 0 Å². The third kappa shape index (κ3) is 4.00. The zero-order valence-corrected chi connectivity index (χ0v) is 15.8. The summed E-state index contributed by atoms with van der Waals surface area (Å²) in [6.45, 7) is 7.29. The van der Waals surface area contributed by atoms with Gasteiger partial charge in [-0.1, -0.05) is 0 Å². The van der Waals surface area contributed by atoms with Gasteiger partial charge in [-0.15, -0.1) is 0 Å². The average molecular weight is 341 g/mol. The second-order valence-corrected chi connectivity index (χ2v) is 17.7. The van der Waals surface area contributed by atoms with Crippen molar-refractivity contribution in [3.05, 3.63) is 71.8 Å².